The molecule has 0 heterocycles. The van der Waals surface area contributed by atoms with Crippen LogP contribution in [0.15, 0.2) is 52.4 Å². The third-order valence-corrected chi connectivity index (χ3v) is 3.93. The van der Waals surface area contributed by atoms with Gasteiger partial charge in [0.2, 0.25) is 0 Å². The predicted molar refractivity (Wildman–Crippen MR) is 105 cm³/mol. The Bertz CT molecular complexity index is 716. The highest BCUT2D eigenvalue weighted by molar-refractivity contribution is 7.80. The van der Waals surface area contributed by atoms with Crippen molar-refractivity contribution in [2.75, 3.05) is 26.9 Å². The lowest BCUT2D eigenvalue weighted by Gasteiger charge is -2.11. The van der Waals surface area contributed by atoms with Crippen LogP contribution in [0.2, 0.25) is 0 Å². The normalized spacial score (nSPS) is 11.3. The quantitative estimate of drug-likeness (QED) is 0.408. The fourth-order valence-corrected chi connectivity index (χ4v) is 2.76. The molecule has 134 valence electrons. The summed E-state index contributed by atoms with van der Waals surface area (Å²) >= 11 is 4.43. The van der Waals surface area contributed by atoms with Crippen molar-refractivity contribution in [1.29, 1.82) is 0 Å². The van der Waals surface area contributed by atoms with E-state index in [0.29, 0.717) is 19.8 Å². The molecule has 0 fully saturated rings. The SMILES string of the molecule is CCOc1ccccc1OCC/N=C(\C)Cc1ccc(OC)c(S)c1. The van der Waals surface area contributed by atoms with E-state index < -0.39 is 0 Å². The van der Waals surface area contributed by atoms with E-state index in [0.717, 1.165) is 39.8 Å². The topological polar surface area (TPSA) is 40.0 Å². The van der Waals surface area contributed by atoms with Crippen molar-refractivity contribution in [3.05, 3.63) is 48.0 Å². The van der Waals surface area contributed by atoms with Gasteiger partial charge in [-0.25, -0.2) is 0 Å². The molecular formula is C20H25NO3S. The van der Waals surface area contributed by atoms with Gasteiger partial charge >= 0.3 is 0 Å². The van der Waals surface area contributed by atoms with E-state index in [9.17, 15) is 0 Å². The van der Waals surface area contributed by atoms with Crippen LogP contribution >= 0.6 is 12.6 Å². The molecule has 0 atom stereocenters. The number of benzene rings is 2. The Kier molecular flexibility index (Phi) is 7.67. The third kappa shape index (κ3) is 6.02. The molecule has 0 aromatic heterocycles. The van der Waals surface area contributed by atoms with Crippen LogP contribution in [0.5, 0.6) is 17.2 Å². The number of thiol groups is 1. The van der Waals surface area contributed by atoms with Crippen molar-refractivity contribution in [3.63, 3.8) is 0 Å². The fourth-order valence-electron chi connectivity index (χ4n) is 2.43. The molecular weight excluding hydrogens is 334 g/mol. The minimum Gasteiger partial charge on any atom is -0.496 e. The van der Waals surface area contributed by atoms with E-state index in [4.69, 9.17) is 14.2 Å². The van der Waals surface area contributed by atoms with Crippen molar-refractivity contribution in [3.8, 4) is 17.2 Å². The summed E-state index contributed by atoms with van der Waals surface area (Å²) in [7, 11) is 1.64. The Morgan fingerprint density at radius 3 is 2.40 bits per heavy atom. The van der Waals surface area contributed by atoms with Crippen molar-refractivity contribution in [2.45, 2.75) is 25.2 Å². The van der Waals surface area contributed by atoms with Crippen molar-refractivity contribution in [2.24, 2.45) is 4.99 Å². The minimum absolute atomic E-state index is 0.516. The van der Waals surface area contributed by atoms with Gasteiger partial charge in [-0.15, -0.1) is 12.6 Å². The molecule has 25 heavy (non-hydrogen) atoms. The maximum Gasteiger partial charge on any atom is 0.161 e. The summed E-state index contributed by atoms with van der Waals surface area (Å²) < 4.78 is 16.5. The molecule has 0 bridgehead atoms. The minimum atomic E-state index is 0.516. The molecule has 2 aromatic rings. The lowest BCUT2D eigenvalue weighted by molar-refractivity contribution is 0.283. The van der Waals surface area contributed by atoms with Crippen molar-refractivity contribution >= 4 is 18.3 Å². The zero-order valence-electron chi connectivity index (χ0n) is 15.0. The van der Waals surface area contributed by atoms with Crippen LogP contribution < -0.4 is 14.2 Å². The van der Waals surface area contributed by atoms with Gasteiger partial charge in [-0.05, 0) is 43.7 Å². The lowest BCUT2D eigenvalue weighted by atomic mass is 10.1. The van der Waals surface area contributed by atoms with E-state index in [-0.39, 0.29) is 0 Å². The number of rotatable bonds is 9. The second-order valence-corrected chi connectivity index (χ2v) is 6.01. The first-order valence-corrected chi connectivity index (χ1v) is 8.79. The number of aliphatic imine (C=N–C) groups is 1. The second-order valence-electron chi connectivity index (χ2n) is 5.53. The van der Waals surface area contributed by atoms with Gasteiger partial charge in [0.05, 0.1) is 20.3 Å². The highest BCUT2D eigenvalue weighted by atomic mass is 32.1. The largest absolute Gasteiger partial charge is 0.496 e. The van der Waals surface area contributed by atoms with E-state index >= 15 is 0 Å². The standard InChI is InChI=1S/C20H25NO3S/c1-4-23-17-7-5-6-8-18(17)24-12-11-21-15(2)13-16-9-10-19(22-3)20(25)14-16/h5-10,14,25H,4,11-13H2,1-3H3/b21-15+. The molecule has 0 aliphatic carbocycles. The molecule has 0 saturated heterocycles. The van der Waals surface area contributed by atoms with E-state index in [1.54, 1.807) is 7.11 Å². The molecule has 0 spiro atoms. The zero-order valence-corrected chi connectivity index (χ0v) is 15.9. The first-order chi connectivity index (χ1) is 12.1. The molecule has 0 aliphatic heterocycles. The van der Waals surface area contributed by atoms with Crippen LogP contribution in [0.3, 0.4) is 0 Å². The van der Waals surface area contributed by atoms with Gasteiger partial charge in [-0.1, -0.05) is 18.2 Å². The highest BCUT2D eigenvalue weighted by Crippen LogP contribution is 2.26. The second kappa shape index (κ2) is 9.99. The average molecular weight is 359 g/mol. The van der Waals surface area contributed by atoms with Crippen LogP contribution in [0, 0.1) is 0 Å². The van der Waals surface area contributed by atoms with Gasteiger partial charge in [0.15, 0.2) is 11.5 Å². The Labute approximate surface area is 155 Å². The van der Waals surface area contributed by atoms with E-state index in [2.05, 4.69) is 17.6 Å². The summed E-state index contributed by atoms with van der Waals surface area (Å²) in [4.78, 5) is 5.41. The number of methoxy groups -OCH3 is 1. The average Bonchev–Trinajstić information content (AvgIpc) is 2.60. The molecule has 0 saturated carbocycles. The van der Waals surface area contributed by atoms with Crippen LogP contribution in [0.4, 0.5) is 0 Å². The van der Waals surface area contributed by atoms with E-state index in [1.807, 2.05) is 56.3 Å². The van der Waals surface area contributed by atoms with Gasteiger partial charge in [-0.2, -0.15) is 0 Å². The first-order valence-electron chi connectivity index (χ1n) is 8.34. The molecule has 0 unspecified atom stereocenters. The molecule has 0 radical (unpaired) electrons. The summed E-state index contributed by atoms with van der Waals surface area (Å²) in [5.74, 6) is 2.31. The number of nitrogens with zero attached hydrogens (tertiary/aromatic N) is 1. The van der Waals surface area contributed by atoms with Crippen LogP contribution in [0.1, 0.15) is 19.4 Å². The number of ether oxygens (including phenoxy) is 3. The van der Waals surface area contributed by atoms with Gasteiger partial charge < -0.3 is 14.2 Å². The van der Waals surface area contributed by atoms with Gasteiger partial charge in [0.1, 0.15) is 12.4 Å². The molecule has 5 heteroatoms. The number of hydrogen-bond acceptors (Lipinski definition) is 5. The zero-order chi connectivity index (χ0) is 18.1. The fraction of sp³-hybridized carbons (Fsp3) is 0.350. The molecule has 4 nitrogen and oxygen atoms in total. The van der Waals surface area contributed by atoms with Gasteiger partial charge in [-0.3, -0.25) is 4.99 Å². The Balaban J connectivity index is 1.84. The van der Waals surface area contributed by atoms with Crippen molar-refractivity contribution < 1.29 is 14.2 Å². The van der Waals surface area contributed by atoms with Crippen molar-refractivity contribution in [1.82, 2.24) is 0 Å². The summed E-state index contributed by atoms with van der Waals surface area (Å²) in [6, 6.07) is 13.7. The first kappa shape index (κ1) is 19.2. The van der Waals surface area contributed by atoms with E-state index in [1.165, 1.54) is 0 Å². The summed E-state index contributed by atoms with van der Waals surface area (Å²) in [6.07, 6.45) is 0.785. The molecule has 0 aliphatic rings. The van der Waals surface area contributed by atoms with Gasteiger partial charge in [0.25, 0.3) is 0 Å². The Hall–Kier alpha value is -2.14. The molecule has 0 N–H and O–H groups in total. The molecule has 2 aromatic carbocycles. The third-order valence-electron chi connectivity index (χ3n) is 3.58. The maximum atomic E-state index is 5.78. The summed E-state index contributed by atoms with van der Waals surface area (Å²) in [6.45, 7) is 5.72. The molecule has 0 amide bonds. The van der Waals surface area contributed by atoms with Crippen LogP contribution in [0.25, 0.3) is 0 Å². The van der Waals surface area contributed by atoms with Crippen LogP contribution in [-0.2, 0) is 6.42 Å². The Morgan fingerprint density at radius 2 is 1.76 bits per heavy atom. The summed E-state index contributed by atoms with van der Waals surface area (Å²) in [5.41, 5.74) is 2.22. The smallest absolute Gasteiger partial charge is 0.161 e. The number of hydrogen-bond donors (Lipinski definition) is 1. The van der Waals surface area contributed by atoms with Gasteiger partial charge in [0, 0.05) is 17.0 Å². The lowest BCUT2D eigenvalue weighted by Crippen LogP contribution is -2.06. The molecule has 2 rings (SSSR count). The highest BCUT2D eigenvalue weighted by Gasteiger charge is 2.04. The summed E-state index contributed by atoms with van der Waals surface area (Å²) in [5, 5.41) is 0. The predicted octanol–water partition coefficient (Wildman–Crippen LogP) is 4.47. The Morgan fingerprint density at radius 1 is 1.04 bits per heavy atom. The number of para-hydroxylation sites is 2. The monoisotopic (exact) mass is 359 g/mol. The van der Waals surface area contributed by atoms with Crippen LogP contribution in [-0.4, -0.2) is 32.6 Å². The maximum absolute atomic E-state index is 5.78.